The van der Waals surface area contributed by atoms with Gasteiger partial charge in [-0.1, -0.05) is 0 Å². The van der Waals surface area contributed by atoms with E-state index in [0.29, 0.717) is 17.1 Å². The quantitative estimate of drug-likeness (QED) is 0.690. The van der Waals surface area contributed by atoms with Crippen LogP contribution >= 0.6 is 0 Å². The molecule has 3 N–H and O–H groups in total. The van der Waals surface area contributed by atoms with E-state index in [1.54, 1.807) is 24.3 Å². The molecule has 1 aliphatic rings. The van der Waals surface area contributed by atoms with Gasteiger partial charge in [0, 0.05) is 0 Å². The summed E-state index contributed by atoms with van der Waals surface area (Å²) in [6, 6.07) is 7.42. The van der Waals surface area contributed by atoms with E-state index < -0.39 is 0 Å². The fourth-order valence-electron chi connectivity index (χ4n) is 1.18. The third-order valence-corrected chi connectivity index (χ3v) is 2.06. The van der Waals surface area contributed by atoms with Crippen molar-refractivity contribution in [3.63, 3.8) is 0 Å². The van der Waals surface area contributed by atoms with Crippen molar-refractivity contribution in [1.29, 1.82) is 0 Å². The zero-order valence-electron chi connectivity index (χ0n) is 8.18. The second kappa shape index (κ2) is 5.53. The molecule has 0 bridgehead atoms. The van der Waals surface area contributed by atoms with Crippen molar-refractivity contribution < 1.29 is 15.7 Å². The van der Waals surface area contributed by atoms with Crippen molar-refractivity contribution in [1.82, 2.24) is 5.32 Å². The summed E-state index contributed by atoms with van der Waals surface area (Å²) >= 11 is 0. The van der Waals surface area contributed by atoms with Crippen LogP contribution < -0.4 is 10.8 Å². The monoisotopic (exact) mass is 205 g/mol. The topological polar surface area (TPSA) is 89.1 Å². The Balaban J connectivity index is 0.000000980. The van der Waals surface area contributed by atoms with Gasteiger partial charge in [0.1, 0.15) is 0 Å². The molecule has 1 saturated carbocycles. The van der Waals surface area contributed by atoms with Gasteiger partial charge in [-0.2, -0.15) is 0 Å². The molecule has 1 aromatic rings. The van der Waals surface area contributed by atoms with Gasteiger partial charge in [0.05, 0.1) is 0 Å². The van der Waals surface area contributed by atoms with E-state index in [9.17, 15) is 4.79 Å². The summed E-state index contributed by atoms with van der Waals surface area (Å²) in [5, 5.41) is 2.90. The third kappa shape index (κ3) is 3.73. The number of benzene rings is 1. The van der Waals surface area contributed by atoms with Gasteiger partial charge in [-0.3, -0.25) is 0 Å². The first-order chi connectivity index (χ1) is 6.25. The molecule has 0 aliphatic heterocycles. The smallest absolute Gasteiger partial charge is 0.870 e. The molecule has 5 heteroatoms. The Labute approximate surface area is 89.7 Å². The first-order valence-electron chi connectivity index (χ1n) is 4.42. The van der Waals surface area contributed by atoms with Crippen LogP contribution in [0.15, 0.2) is 24.3 Å². The summed E-state index contributed by atoms with van der Waals surface area (Å²) in [6.07, 6.45) is 2.21. The SMILES string of the molecule is [B+2]c1cccc(C(=O)NC2CC2)c1.[OH-].[OH-]. The minimum Gasteiger partial charge on any atom is -0.870 e. The van der Waals surface area contributed by atoms with Gasteiger partial charge in [0.15, 0.2) is 0 Å². The number of rotatable bonds is 2. The summed E-state index contributed by atoms with van der Waals surface area (Å²) in [5.41, 5.74) is 1.27. The normalized spacial score (nSPS) is 13.5. The van der Waals surface area contributed by atoms with E-state index >= 15 is 0 Å². The summed E-state index contributed by atoms with van der Waals surface area (Å²) < 4.78 is 0. The minimum atomic E-state index is -0.0187. The summed E-state index contributed by atoms with van der Waals surface area (Å²) in [4.78, 5) is 11.5. The molecular formula is C10H12BNO3. The molecule has 1 aromatic carbocycles. The number of amides is 1. The largest absolute Gasteiger partial charge is 0.870 e. The van der Waals surface area contributed by atoms with Gasteiger partial charge in [-0.25, -0.2) is 0 Å². The standard InChI is InChI=1S/C10H10BNO.2H2O/c11-8-3-1-2-7(6-8)10(13)12-9-4-5-9;;/h1-3,6,9H,4-5H2,(H,12,13);2*1H2/q+2;;/p-2. The Bertz CT molecular complexity index is 339. The van der Waals surface area contributed by atoms with Crippen molar-refractivity contribution in [3.8, 4) is 0 Å². The zero-order chi connectivity index (χ0) is 9.26. The van der Waals surface area contributed by atoms with Crippen molar-refractivity contribution in [2.24, 2.45) is 0 Å². The van der Waals surface area contributed by atoms with Crippen LogP contribution in [0, 0.1) is 0 Å². The molecule has 1 fully saturated rings. The molecule has 0 saturated heterocycles. The molecule has 0 atom stereocenters. The van der Waals surface area contributed by atoms with E-state index in [-0.39, 0.29) is 16.9 Å². The van der Waals surface area contributed by atoms with Crippen LogP contribution in [0.2, 0.25) is 0 Å². The van der Waals surface area contributed by atoms with Crippen LogP contribution in [0.3, 0.4) is 0 Å². The third-order valence-electron chi connectivity index (χ3n) is 2.06. The van der Waals surface area contributed by atoms with E-state index in [1.807, 2.05) is 0 Å². The van der Waals surface area contributed by atoms with Gasteiger partial charge < -0.3 is 11.0 Å². The second-order valence-electron chi connectivity index (χ2n) is 3.37. The van der Waals surface area contributed by atoms with Gasteiger partial charge in [-0.05, 0) is 0 Å². The van der Waals surface area contributed by atoms with Crippen molar-refractivity contribution in [3.05, 3.63) is 29.8 Å². The average Bonchev–Trinajstić information content (AvgIpc) is 2.88. The van der Waals surface area contributed by atoms with Crippen LogP contribution in [0.5, 0.6) is 0 Å². The Morgan fingerprint density at radius 1 is 1.33 bits per heavy atom. The number of carbonyl (C=O) groups is 1. The average molecular weight is 205 g/mol. The predicted octanol–water partition coefficient (Wildman–Crippen LogP) is 0.0190. The van der Waals surface area contributed by atoms with E-state index in [0.717, 1.165) is 12.8 Å². The number of carbonyl (C=O) groups excluding carboxylic acids is 1. The molecule has 1 amide bonds. The molecule has 0 heterocycles. The van der Waals surface area contributed by atoms with Gasteiger partial charge in [0.25, 0.3) is 0 Å². The Morgan fingerprint density at radius 3 is 2.53 bits per heavy atom. The molecule has 78 valence electrons. The van der Waals surface area contributed by atoms with Gasteiger partial charge >= 0.3 is 78.0 Å². The van der Waals surface area contributed by atoms with Crippen LogP contribution in [0.4, 0.5) is 0 Å². The fraction of sp³-hybridized carbons (Fsp3) is 0.300. The van der Waals surface area contributed by atoms with E-state index in [1.165, 1.54) is 0 Å². The zero-order valence-corrected chi connectivity index (χ0v) is 8.18. The molecular weight excluding hydrogens is 193 g/mol. The maximum Gasteiger partial charge on any atom is -0.870 e. The number of hydrogen-bond acceptors (Lipinski definition) is 3. The van der Waals surface area contributed by atoms with Gasteiger partial charge in [0.2, 0.25) is 0 Å². The van der Waals surface area contributed by atoms with Crippen LogP contribution in [0.25, 0.3) is 0 Å². The number of nitrogens with one attached hydrogen (secondary N) is 1. The predicted molar refractivity (Wildman–Crippen MR) is 56.2 cm³/mol. The molecule has 15 heavy (non-hydrogen) atoms. The molecule has 0 unspecified atom stereocenters. The van der Waals surface area contributed by atoms with Crippen molar-refractivity contribution >= 4 is 19.2 Å². The molecule has 4 nitrogen and oxygen atoms in total. The maximum absolute atomic E-state index is 11.5. The summed E-state index contributed by atoms with van der Waals surface area (Å²) in [7, 11) is 5.56. The van der Waals surface area contributed by atoms with Crippen LogP contribution in [0.1, 0.15) is 23.2 Å². The molecule has 1 aliphatic carbocycles. The molecule has 0 spiro atoms. The Kier molecular flexibility index (Phi) is 5.04. The fourth-order valence-corrected chi connectivity index (χ4v) is 1.18. The Morgan fingerprint density at radius 2 is 2.00 bits per heavy atom. The van der Waals surface area contributed by atoms with Crippen molar-refractivity contribution in [2.45, 2.75) is 18.9 Å². The number of hydrogen-bond donors (Lipinski definition) is 1. The first kappa shape index (κ1) is 13.7. The van der Waals surface area contributed by atoms with E-state index in [2.05, 4.69) is 5.32 Å². The second-order valence-corrected chi connectivity index (χ2v) is 3.37. The van der Waals surface area contributed by atoms with E-state index in [4.69, 9.17) is 7.85 Å². The molecule has 2 rings (SSSR count). The molecule has 0 aromatic heterocycles. The maximum atomic E-state index is 11.5. The minimum absolute atomic E-state index is 0. The summed E-state index contributed by atoms with van der Waals surface area (Å²) in [5.74, 6) is -0.0187. The molecule has 0 radical (unpaired) electrons. The van der Waals surface area contributed by atoms with Crippen molar-refractivity contribution in [2.75, 3.05) is 0 Å². The summed E-state index contributed by atoms with van der Waals surface area (Å²) in [6.45, 7) is 0. The van der Waals surface area contributed by atoms with Crippen LogP contribution in [-0.2, 0) is 0 Å². The van der Waals surface area contributed by atoms with Gasteiger partial charge in [-0.15, -0.1) is 0 Å². The van der Waals surface area contributed by atoms with Crippen LogP contribution in [-0.4, -0.2) is 30.7 Å². The Hall–Kier alpha value is -1.33. The first-order valence-corrected chi connectivity index (χ1v) is 4.42.